The van der Waals surface area contributed by atoms with Gasteiger partial charge in [-0.25, -0.2) is 0 Å². The van der Waals surface area contributed by atoms with Crippen molar-refractivity contribution >= 4 is 17.4 Å². The molecule has 0 spiro atoms. The van der Waals surface area contributed by atoms with E-state index in [0.29, 0.717) is 17.3 Å². The Kier molecular flexibility index (Phi) is 4.60. The molecule has 106 valence electrons. The van der Waals surface area contributed by atoms with Gasteiger partial charge in [-0.05, 0) is 40.5 Å². The summed E-state index contributed by atoms with van der Waals surface area (Å²) < 4.78 is 1.68. The van der Waals surface area contributed by atoms with Crippen molar-refractivity contribution < 1.29 is 4.79 Å². The minimum Gasteiger partial charge on any atom is -0.304 e. The van der Waals surface area contributed by atoms with Crippen LogP contribution in [0.4, 0.5) is 0 Å². The second-order valence-corrected chi connectivity index (χ2v) is 5.54. The molecule has 19 heavy (non-hydrogen) atoms. The van der Waals surface area contributed by atoms with Crippen LogP contribution in [-0.4, -0.2) is 65.1 Å². The van der Waals surface area contributed by atoms with Crippen LogP contribution in [0.3, 0.4) is 0 Å². The highest BCUT2D eigenvalue weighted by Gasteiger charge is 2.31. The van der Waals surface area contributed by atoms with Crippen molar-refractivity contribution in [3.8, 4) is 0 Å². The largest absolute Gasteiger partial charge is 0.304 e. The number of carbonyl (C=O) groups excluding carboxylic acids is 1. The van der Waals surface area contributed by atoms with Crippen molar-refractivity contribution in [2.75, 3.05) is 33.7 Å². The summed E-state index contributed by atoms with van der Waals surface area (Å²) in [6.45, 7) is 5.30. The van der Waals surface area contributed by atoms with E-state index < -0.39 is 0 Å². The van der Waals surface area contributed by atoms with Gasteiger partial charge in [0.25, 0.3) is 0 Å². The third-order valence-corrected chi connectivity index (χ3v) is 3.97. The maximum atomic E-state index is 12.8. The number of aryl methyl sites for hydroxylation is 1. The van der Waals surface area contributed by atoms with E-state index in [2.05, 4.69) is 21.9 Å². The number of aromatic nitrogens is 2. The standard InChI is InChI=1S/C13H21ClN4O/c1-4-18-12(10(14)8-15-18)13(19)11-9-16(2)6-5-7-17(11)3/h8,11H,4-7,9H2,1-3H3. The Hall–Kier alpha value is -0.910. The van der Waals surface area contributed by atoms with Gasteiger partial charge in [-0.3, -0.25) is 14.4 Å². The number of halogens is 1. The summed E-state index contributed by atoms with van der Waals surface area (Å²) in [7, 11) is 4.06. The molecule has 1 aliphatic rings. The highest BCUT2D eigenvalue weighted by molar-refractivity contribution is 6.33. The molecule has 1 unspecified atom stereocenters. The van der Waals surface area contributed by atoms with Crippen LogP contribution < -0.4 is 0 Å². The Bertz CT molecular complexity index is 459. The van der Waals surface area contributed by atoms with E-state index in [-0.39, 0.29) is 11.8 Å². The normalized spacial score (nSPS) is 22.4. The highest BCUT2D eigenvalue weighted by atomic mass is 35.5. The third-order valence-electron chi connectivity index (χ3n) is 3.70. The van der Waals surface area contributed by atoms with Crippen LogP contribution in [0.15, 0.2) is 6.20 Å². The molecule has 5 nitrogen and oxygen atoms in total. The van der Waals surface area contributed by atoms with Gasteiger partial charge in [-0.2, -0.15) is 5.10 Å². The van der Waals surface area contributed by atoms with Crippen molar-refractivity contribution in [1.82, 2.24) is 19.6 Å². The monoisotopic (exact) mass is 284 g/mol. The maximum absolute atomic E-state index is 12.8. The van der Waals surface area contributed by atoms with Crippen LogP contribution >= 0.6 is 11.6 Å². The number of hydrogen-bond acceptors (Lipinski definition) is 4. The van der Waals surface area contributed by atoms with E-state index in [9.17, 15) is 4.79 Å². The molecule has 2 heterocycles. The molecule has 0 saturated carbocycles. The summed E-state index contributed by atoms with van der Waals surface area (Å²) in [5.41, 5.74) is 0.538. The molecular weight excluding hydrogens is 264 g/mol. The van der Waals surface area contributed by atoms with Crippen molar-refractivity contribution in [1.29, 1.82) is 0 Å². The zero-order chi connectivity index (χ0) is 14.0. The van der Waals surface area contributed by atoms with Crippen LogP contribution in [-0.2, 0) is 6.54 Å². The number of hydrogen-bond donors (Lipinski definition) is 0. The van der Waals surface area contributed by atoms with Crippen LogP contribution in [0.1, 0.15) is 23.8 Å². The lowest BCUT2D eigenvalue weighted by Crippen LogP contribution is -2.44. The average molecular weight is 285 g/mol. The average Bonchev–Trinajstić information content (AvgIpc) is 2.67. The summed E-state index contributed by atoms with van der Waals surface area (Å²) in [4.78, 5) is 17.1. The fourth-order valence-electron chi connectivity index (χ4n) is 2.56. The Morgan fingerprint density at radius 1 is 1.47 bits per heavy atom. The van der Waals surface area contributed by atoms with Gasteiger partial charge in [0.15, 0.2) is 0 Å². The quantitative estimate of drug-likeness (QED) is 0.787. The van der Waals surface area contributed by atoms with Crippen LogP contribution in [0, 0.1) is 0 Å². The topological polar surface area (TPSA) is 41.4 Å². The number of likely N-dealkylation sites (N-methyl/N-ethyl adjacent to an activating group) is 2. The molecule has 2 rings (SSSR count). The van der Waals surface area contributed by atoms with Gasteiger partial charge < -0.3 is 4.90 Å². The fourth-order valence-corrected chi connectivity index (χ4v) is 2.79. The second kappa shape index (κ2) is 6.03. The van der Waals surface area contributed by atoms with Crippen molar-refractivity contribution in [3.63, 3.8) is 0 Å². The molecule has 0 bridgehead atoms. The minimum atomic E-state index is -0.146. The van der Waals surface area contributed by atoms with E-state index in [1.165, 1.54) is 0 Å². The molecule has 1 saturated heterocycles. The van der Waals surface area contributed by atoms with Crippen LogP contribution in [0.5, 0.6) is 0 Å². The van der Waals surface area contributed by atoms with Gasteiger partial charge in [0.2, 0.25) is 5.78 Å². The molecule has 0 radical (unpaired) electrons. The number of nitrogens with zero attached hydrogens (tertiary/aromatic N) is 4. The van der Waals surface area contributed by atoms with Crippen LogP contribution in [0.2, 0.25) is 5.02 Å². The molecule has 6 heteroatoms. The lowest BCUT2D eigenvalue weighted by Gasteiger charge is -2.26. The first kappa shape index (κ1) is 14.5. The molecule has 1 fully saturated rings. The highest BCUT2D eigenvalue weighted by Crippen LogP contribution is 2.20. The SMILES string of the molecule is CCn1ncc(Cl)c1C(=O)C1CN(C)CCCN1C. The molecule has 1 aromatic heterocycles. The zero-order valence-corrected chi connectivity index (χ0v) is 12.5. The van der Waals surface area contributed by atoms with E-state index in [0.717, 1.165) is 26.1 Å². The first-order valence-electron chi connectivity index (χ1n) is 6.69. The van der Waals surface area contributed by atoms with Gasteiger partial charge >= 0.3 is 0 Å². The summed E-state index contributed by atoms with van der Waals surface area (Å²) in [5.74, 6) is 0.0700. The Morgan fingerprint density at radius 3 is 2.89 bits per heavy atom. The Morgan fingerprint density at radius 2 is 2.21 bits per heavy atom. The number of rotatable bonds is 3. The van der Waals surface area contributed by atoms with Gasteiger partial charge in [0.05, 0.1) is 17.3 Å². The number of Topliss-reactive ketones (excluding diaryl/α,β-unsaturated/α-hetero) is 1. The Balaban J connectivity index is 2.28. The number of ketones is 1. The first-order chi connectivity index (χ1) is 9.04. The summed E-state index contributed by atoms with van der Waals surface area (Å²) in [6.07, 6.45) is 2.64. The predicted octanol–water partition coefficient (Wildman–Crippen LogP) is 1.38. The van der Waals surface area contributed by atoms with Crippen LogP contribution in [0.25, 0.3) is 0 Å². The van der Waals surface area contributed by atoms with Crippen molar-refractivity contribution in [2.24, 2.45) is 0 Å². The molecule has 1 aromatic rings. The molecule has 0 N–H and O–H groups in total. The molecule has 0 aromatic carbocycles. The van der Waals surface area contributed by atoms with Gasteiger partial charge in [0, 0.05) is 13.1 Å². The molecular formula is C13H21ClN4O. The Labute approximate surface area is 119 Å². The van der Waals surface area contributed by atoms with E-state index in [1.807, 2.05) is 14.0 Å². The predicted molar refractivity (Wildman–Crippen MR) is 75.8 cm³/mol. The summed E-state index contributed by atoms with van der Waals surface area (Å²) in [6, 6.07) is -0.146. The van der Waals surface area contributed by atoms with E-state index in [1.54, 1.807) is 10.9 Å². The number of carbonyl (C=O) groups is 1. The smallest absolute Gasteiger partial charge is 0.200 e. The zero-order valence-electron chi connectivity index (χ0n) is 11.8. The van der Waals surface area contributed by atoms with E-state index >= 15 is 0 Å². The molecule has 1 atom stereocenters. The summed E-state index contributed by atoms with van der Waals surface area (Å²) in [5, 5.41) is 4.60. The molecule has 0 amide bonds. The minimum absolute atomic E-state index is 0.0700. The lowest BCUT2D eigenvalue weighted by molar-refractivity contribution is 0.0828. The molecule has 1 aliphatic heterocycles. The van der Waals surface area contributed by atoms with Gasteiger partial charge in [0.1, 0.15) is 5.69 Å². The first-order valence-corrected chi connectivity index (χ1v) is 7.06. The third kappa shape index (κ3) is 2.99. The maximum Gasteiger partial charge on any atom is 0.200 e. The van der Waals surface area contributed by atoms with Crippen molar-refractivity contribution in [3.05, 3.63) is 16.9 Å². The van der Waals surface area contributed by atoms with Crippen molar-refractivity contribution in [2.45, 2.75) is 25.9 Å². The van der Waals surface area contributed by atoms with Gasteiger partial charge in [-0.15, -0.1) is 0 Å². The lowest BCUT2D eigenvalue weighted by atomic mass is 10.1. The van der Waals surface area contributed by atoms with E-state index in [4.69, 9.17) is 11.6 Å². The molecule has 0 aliphatic carbocycles. The second-order valence-electron chi connectivity index (χ2n) is 5.13. The fraction of sp³-hybridized carbons (Fsp3) is 0.692. The summed E-state index contributed by atoms with van der Waals surface area (Å²) >= 11 is 6.13. The van der Waals surface area contributed by atoms with Gasteiger partial charge in [-0.1, -0.05) is 11.6 Å².